The van der Waals surface area contributed by atoms with Gasteiger partial charge in [0, 0.05) is 31.5 Å². The number of ether oxygens (including phenoxy) is 1. The highest BCUT2D eigenvalue weighted by molar-refractivity contribution is 5.95. The molecule has 6 nitrogen and oxygen atoms in total. The molecule has 0 aliphatic carbocycles. The molecule has 2 N–H and O–H groups in total. The molecule has 0 aromatic carbocycles. The summed E-state index contributed by atoms with van der Waals surface area (Å²) in [4.78, 5) is 18.8. The maximum absolute atomic E-state index is 12.6. The monoisotopic (exact) mass is 389 g/mol. The summed E-state index contributed by atoms with van der Waals surface area (Å²) in [6.07, 6.45) is 2.82. The van der Waals surface area contributed by atoms with Gasteiger partial charge in [-0.2, -0.15) is 0 Å². The van der Waals surface area contributed by atoms with Crippen molar-refractivity contribution in [3.05, 3.63) is 29.7 Å². The molecule has 1 aliphatic heterocycles. The minimum atomic E-state index is -0.0685. The molecule has 1 amide bonds. The predicted octanol–water partition coefficient (Wildman–Crippen LogP) is 2.95. The van der Waals surface area contributed by atoms with Crippen LogP contribution in [0.1, 0.15) is 35.5 Å². The van der Waals surface area contributed by atoms with Gasteiger partial charge < -0.3 is 19.8 Å². The average molecular weight is 390 g/mol. The number of aryl methyl sites for hydroxylation is 1. The van der Waals surface area contributed by atoms with Crippen LogP contribution in [-0.2, 0) is 4.74 Å². The van der Waals surface area contributed by atoms with Gasteiger partial charge in [0.15, 0.2) is 11.3 Å². The molecular formula is C17H25Cl2N3O3. The summed E-state index contributed by atoms with van der Waals surface area (Å²) in [5.74, 6) is 0.293. The topological polar surface area (TPSA) is 81.6 Å². The number of rotatable bonds is 5. The Labute approximate surface area is 159 Å². The zero-order valence-corrected chi connectivity index (χ0v) is 15.9. The van der Waals surface area contributed by atoms with E-state index in [0.717, 1.165) is 30.5 Å². The van der Waals surface area contributed by atoms with Gasteiger partial charge in [0.05, 0.1) is 6.10 Å². The molecule has 25 heavy (non-hydrogen) atoms. The van der Waals surface area contributed by atoms with Crippen molar-refractivity contribution in [1.29, 1.82) is 0 Å². The van der Waals surface area contributed by atoms with Gasteiger partial charge in [-0.05, 0) is 44.9 Å². The van der Waals surface area contributed by atoms with Crippen LogP contribution in [0.25, 0.3) is 11.1 Å². The third-order valence-electron chi connectivity index (χ3n) is 4.15. The van der Waals surface area contributed by atoms with Gasteiger partial charge in [0.1, 0.15) is 5.52 Å². The smallest absolute Gasteiger partial charge is 0.289 e. The van der Waals surface area contributed by atoms with Gasteiger partial charge in [-0.15, -0.1) is 24.8 Å². The molecule has 8 heteroatoms. The SMILES string of the molecule is Cc1ccc2oc(C(=O)N3CCC(OCCCN)CC3)cc2n1.Cl.Cl. The van der Waals surface area contributed by atoms with Crippen LogP contribution in [0.5, 0.6) is 0 Å². The first-order valence-corrected chi connectivity index (χ1v) is 8.15. The number of likely N-dealkylation sites (tertiary alicyclic amines) is 1. The molecule has 0 atom stereocenters. The fourth-order valence-corrected chi connectivity index (χ4v) is 2.85. The summed E-state index contributed by atoms with van der Waals surface area (Å²) in [5.41, 5.74) is 7.75. The van der Waals surface area contributed by atoms with E-state index in [2.05, 4.69) is 4.98 Å². The number of halogens is 2. The summed E-state index contributed by atoms with van der Waals surface area (Å²) < 4.78 is 11.4. The Kier molecular flexibility index (Phi) is 8.65. The van der Waals surface area contributed by atoms with Crippen molar-refractivity contribution < 1.29 is 13.9 Å². The fraction of sp³-hybridized carbons (Fsp3) is 0.529. The molecular weight excluding hydrogens is 365 g/mol. The summed E-state index contributed by atoms with van der Waals surface area (Å²) in [6, 6.07) is 5.46. The van der Waals surface area contributed by atoms with Gasteiger partial charge >= 0.3 is 0 Å². The van der Waals surface area contributed by atoms with E-state index in [1.165, 1.54) is 0 Å². The van der Waals surface area contributed by atoms with Crippen LogP contribution in [0.3, 0.4) is 0 Å². The highest BCUT2D eigenvalue weighted by Crippen LogP contribution is 2.21. The Bertz CT molecular complexity index is 685. The lowest BCUT2D eigenvalue weighted by molar-refractivity contribution is 0.00770. The Morgan fingerprint density at radius 3 is 2.76 bits per heavy atom. The molecule has 2 aromatic rings. The number of pyridine rings is 1. The third-order valence-corrected chi connectivity index (χ3v) is 4.15. The number of furan rings is 1. The molecule has 3 heterocycles. The Hall–Kier alpha value is -1.34. The number of fused-ring (bicyclic) bond motifs is 1. The van der Waals surface area contributed by atoms with Crippen molar-refractivity contribution in [1.82, 2.24) is 9.88 Å². The Morgan fingerprint density at radius 1 is 1.36 bits per heavy atom. The van der Waals surface area contributed by atoms with Crippen molar-refractivity contribution in [3.8, 4) is 0 Å². The van der Waals surface area contributed by atoms with Crippen LogP contribution in [0.2, 0.25) is 0 Å². The van der Waals surface area contributed by atoms with E-state index in [9.17, 15) is 4.79 Å². The summed E-state index contributed by atoms with van der Waals surface area (Å²) in [5, 5.41) is 0. The molecule has 3 rings (SSSR count). The molecule has 2 aromatic heterocycles. The van der Waals surface area contributed by atoms with Crippen LogP contribution >= 0.6 is 24.8 Å². The molecule has 0 saturated carbocycles. The summed E-state index contributed by atoms with van der Waals surface area (Å²) in [6.45, 7) is 4.65. The molecule has 1 saturated heterocycles. The highest BCUT2D eigenvalue weighted by Gasteiger charge is 2.26. The van der Waals surface area contributed by atoms with Gasteiger partial charge in [-0.1, -0.05) is 0 Å². The van der Waals surface area contributed by atoms with Crippen molar-refractivity contribution >= 4 is 41.8 Å². The normalized spacial score (nSPS) is 14.9. The Balaban J connectivity index is 0.00000156. The Morgan fingerprint density at radius 2 is 2.08 bits per heavy atom. The van der Waals surface area contributed by atoms with Gasteiger partial charge in [-0.3, -0.25) is 4.79 Å². The first-order chi connectivity index (χ1) is 11.2. The lowest BCUT2D eigenvalue weighted by Crippen LogP contribution is -2.40. The van der Waals surface area contributed by atoms with E-state index < -0.39 is 0 Å². The molecule has 140 valence electrons. The second-order valence-corrected chi connectivity index (χ2v) is 5.95. The number of nitrogens with zero attached hydrogens (tertiary/aromatic N) is 2. The minimum Gasteiger partial charge on any atom is -0.449 e. The number of piperidine rings is 1. The third kappa shape index (κ3) is 5.31. The van der Waals surface area contributed by atoms with Crippen LogP contribution in [0, 0.1) is 6.92 Å². The maximum Gasteiger partial charge on any atom is 0.289 e. The summed E-state index contributed by atoms with van der Waals surface area (Å²) >= 11 is 0. The quantitative estimate of drug-likeness (QED) is 0.794. The van der Waals surface area contributed by atoms with E-state index in [1.54, 1.807) is 6.07 Å². The van der Waals surface area contributed by atoms with Crippen molar-refractivity contribution in [3.63, 3.8) is 0 Å². The van der Waals surface area contributed by atoms with E-state index in [1.807, 2.05) is 24.0 Å². The van der Waals surface area contributed by atoms with E-state index in [-0.39, 0.29) is 36.8 Å². The largest absolute Gasteiger partial charge is 0.449 e. The second-order valence-electron chi connectivity index (χ2n) is 5.95. The van der Waals surface area contributed by atoms with Crippen LogP contribution in [0.15, 0.2) is 22.6 Å². The minimum absolute atomic E-state index is 0. The molecule has 1 fully saturated rings. The average Bonchev–Trinajstić information content (AvgIpc) is 2.98. The molecule has 0 radical (unpaired) electrons. The van der Waals surface area contributed by atoms with Crippen LogP contribution in [-0.4, -0.2) is 48.1 Å². The number of hydrogen-bond acceptors (Lipinski definition) is 5. The first-order valence-electron chi connectivity index (χ1n) is 8.15. The van der Waals surface area contributed by atoms with Gasteiger partial charge in [-0.25, -0.2) is 4.98 Å². The lowest BCUT2D eigenvalue weighted by Gasteiger charge is -2.31. The van der Waals surface area contributed by atoms with E-state index in [0.29, 0.717) is 37.6 Å². The van der Waals surface area contributed by atoms with Gasteiger partial charge in [0.2, 0.25) is 0 Å². The second kappa shape index (κ2) is 9.97. The summed E-state index contributed by atoms with van der Waals surface area (Å²) in [7, 11) is 0. The number of carbonyl (C=O) groups excluding carboxylic acids is 1. The molecule has 1 aliphatic rings. The molecule has 0 bridgehead atoms. The molecule has 0 spiro atoms. The standard InChI is InChI=1S/C17H23N3O3.2ClH/c1-12-3-4-15-14(19-12)11-16(23-15)17(21)20-8-5-13(6-9-20)22-10-2-7-18;;/h3-4,11,13H,2,5-10,18H2,1H3;2*1H. The highest BCUT2D eigenvalue weighted by atomic mass is 35.5. The zero-order valence-electron chi connectivity index (χ0n) is 14.3. The van der Waals surface area contributed by atoms with Crippen LogP contribution < -0.4 is 5.73 Å². The van der Waals surface area contributed by atoms with Crippen molar-refractivity contribution in [2.75, 3.05) is 26.2 Å². The number of nitrogens with two attached hydrogens (primary N) is 1. The van der Waals surface area contributed by atoms with E-state index >= 15 is 0 Å². The number of hydrogen-bond donors (Lipinski definition) is 1. The fourth-order valence-electron chi connectivity index (χ4n) is 2.85. The predicted molar refractivity (Wildman–Crippen MR) is 102 cm³/mol. The lowest BCUT2D eigenvalue weighted by atomic mass is 10.1. The molecule has 0 unspecified atom stereocenters. The zero-order chi connectivity index (χ0) is 16.2. The van der Waals surface area contributed by atoms with Crippen molar-refractivity contribution in [2.45, 2.75) is 32.3 Å². The maximum atomic E-state index is 12.6. The number of carbonyl (C=O) groups is 1. The first kappa shape index (κ1) is 21.7. The van der Waals surface area contributed by atoms with Crippen molar-refractivity contribution in [2.24, 2.45) is 5.73 Å². The van der Waals surface area contributed by atoms with Crippen LogP contribution in [0.4, 0.5) is 0 Å². The van der Waals surface area contributed by atoms with E-state index in [4.69, 9.17) is 14.9 Å². The number of aromatic nitrogens is 1. The van der Waals surface area contributed by atoms with Gasteiger partial charge in [0.25, 0.3) is 5.91 Å². The number of amides is 1.